The van der Waals surface area contributed by atoms with Crippen molar-refractivity contribution in [3.8, 4) is 0 Å². The Bertz CT molecular complexity index is 1040. The lowest BCUT2D eigenvalue weighted by Crippen LogP contribution is -2.34. The van der Waals surface area contributed by atoms with Crippen LogP contribution in [-0.2, 0) is 16.0 Å². The molecule has 2 aromatic carbocycles. The van der Waals surface area contributed by atoms with Crippen molar-refractivity contribution in [3.63, 3.8) is 0 Å². The number of hydrogen-bond donors (Lipinski definition) is 1. The van der Waals surface area contributed by atoms with E-state index in [1.54, 1.807) is 0 Å². The fourth-order valence-electron chi connectivity index (χ4n) is 3.71. The lowest BCUT2D eigenvalue weighted by Gasteiger charge is -2.28. The summed E-state index contributed by atoms with van der Waals surface area (Å²) < 4.78 is 77.7. The highest BCUT2D eigenvalue weighted by Crippen LogP contribution is 2.35. The SMILES string of the molecule is O=C(NC[C@H]1CC[C@@H](S(=O)(=O)c2cccc(C(F)(F)F)c2)CC1)c1cc(F)cc(Cl)c1. The molecule has 1 aliphatic rings. The topological polar surface area (TPSA) is 63.2 Å². The number of halogens is 5. The molecule has 1 amide bonds. The molecule has 3 rings (SSSR count). The average Bonchev–Trinajstić information content (AvgIpc) is 2.71. The second-order valence-corrected chi connectivity index (χ2v) is 10.2. The van der Waals surface area contributed by atoms with Crippen molar-refractivity contribution in [1.29, 1.82) is 0 Å². The van der Waals surface area contributed by atoms with Gasteiger partial charge in [-0.1, -0.05) is 17.7 Å². The number of carbonyl (C=O) groups is 1. The number of sulfone groups is 1. The molecule has 0 aliphatic heterocycles. The number of nitrogens with one attached hydrogen (secondary N) is 1. The maximum Gasteiger partial charge on any atom is 0.416 e. The van der Waals surface area contributed by atoms with Crippen LogP contribution in [0.1, 0.15) is 41.6 Å². The standard InChI is InChI=1S/C21H20ClF4NO3S/c22-16-8-14(9-17(23)11-16)20(28)27-12-13-4-6-18(7-5-13)31(29,30)19-3-1-2-15(10-19)21(24,25)26/h1-3,8-11,13,18H,4-7,12H2,(H,27,28)/t13-,18+. The number of amides is 1. The van der Waals surface area contributed by atoms with Gasteiger partial charge in [0.15, 0.2) is 9.84 Å². The van der Waals surface area contributed by atoms with Crippen LogP contribution in [0, 0.1) is 11.7 Å². The van der Waals surface area contributed by atoms with Crippen molar-refractivity contribution < 1.29 is 30.8 Å². The lowest BCUT2D eigenvalue weighted by atomic mass is 9.89. The first kappa shape index (κ1) is 23.5. The molecular weight excluding hydrogens is 458 g/mol. The van der Waals surface area contributed by atoms with E-state index in [9.17, 15) is 30.8 Å². The van der Waals surface area contributed by atoms with Gasteiger partial charge in [-0.2, -0.15) is 13.2 Å². The molecule has 0 unspecified atom stereocenters. The molecule has 2 aromatic rings. The smallest absolute Gasteiger partial charge is 0.352 e. The van der Waals surface area contributed by atoms with Crippen LogP contribution in [0.15, 0.2) is 47.4 Å². The van der Waals surface area contributed by atoms with Crippen molar-refractivity contribution >= 4 is 27.3 Å². The van der Waals surface area contributed by atoms with Crippen LogP contribution in [0.25, 0.3) is 0 Å². The minimum absolute atomic E-state index is 0.0148. The number of carbonyl (C=O) groups excluding carboxylic acids is 1. The Morgan fingerprint density at radius 3 is 2.35 bits per heavy atom. The molecule has 0 bridgehead atoms. The summed E-state index contributed by atoms with van der Waals surface area (Å²) in [5.74, 6) is -1.10. The Hall–Kier alpha value is -2.13. The third-order valence-electron chi connectivity index (χ3n) is 5.40. The van der Waals surface area contributed by atoms with Gasteiger partial charge >= 0.3 is 6.18 Å². The van der Waals surface area contributed by atoms with E-state index in [4.69, 9.17) is 11.6 Å². The van der Waals surface area contributed by atoms with E-state index < -0.39 is 38.6 Å². The van der Waals surface area contributed by atoms with Gasteiger partial charge in [0, 0.05) is 17.1 Å². The molecule has 0 radical (unpaired) electrons. The summed E-state index contributed by atoms with van der Waals surface area (Å²) in [4.78, 5) is 11.9. The molecule has 1 aliphatic carbocycles. The summed E-state index contributed by atoms with van der Waals surface area (Å²) in [7, 11) is -3.90. The average molecular weight is 478 g/mol. The predicted molar refractivity (Wildman–Crippen MR) is 108 cm³/mol. The van der Waals surface area contributed by atoms with Crippen LogP contribution >= 0.6 is 11.6 Å². The van der Waals surface area contributed by atoms with Crippen molar-refractivity contribution in [2.24, 2.45) is 5.92 Å². The highest BCUT2D eigenvalue weighted by atomic mass is 35.5. The van der Waals surface area contributed by atoms with Crippen LogP contribution < -0.4 is 5.32 Å². The molecule has 168 valence electrons. The summed E-state index contributed by atoms with van der Waals surface area (Å²) in [5.41, 5.74) is -0.909. The number of hydrogen-bond acceptors (Lipinski definition) is 3. The first-order chi connectivity index (χ1) is 14.5. The molecule has 0 heterocycles. The van der Waals surface area contributed by atoms with E-state index in [1.807, 2.05) is 0 Å². The summed E-state index contributed by atoms with van der Waals surface area (Å²) >= 11 is 5.75. The summed E-state index contributed by atoms with van der Waals surface area (Å²) in [6.07, 6.45) is -3.07. The second kappa shape index (κ2) is 9.16. The van der Waals surface area contributed by atoms with Crippen molar-refractivity contribution in [2.45, 2.75) is 42.0 Å². The molecule has 4 nitrogen and oxygen atoms in total. The number of rotatable bonds is 5. The molecule has 31 heavy (non-hydrogen) atoms. The maximum atomic E-state index is 13.4. The normalized spacial score (nSPS) is 19.8. The van der Waals surface area contributed by atoms with Gasteiger partial charge in [-0.15, -0.1) is 0 Å². The van der Waals surface area contributed by atoms with Crippen molar-refractivity contribution in [1.82, 2.24) is 5.32 Å². The first-order valence-corrected chi connectivity index (χ1v) is 11.5. The Morgan fingerprint density at radius 2 is 1.74 bits per heavy atom. The van der Waals surface area contributed by atoms with Gasteiger partial charge < -0.3 is 5.32 Å². The fourth-order valence-corrected chi connectivity index (χ4v) is 5.77. The van der Waals surface area contributed by atoms with E-state index in [1.165, 1.54) is 12.1 Å². The van der Waals surface area contributed by atoms with Gasteiger partial charge in [-0.25, -0.2) is 12.8 Å². The molecule has 0 saturated heterocycles. The van der Waals surface area contributed by atoms with Gasteiger partial charge in [-0.05, 0) is 68.0 Å². The van der Waals surface area contributed by atoms with Crippen LogP contribution in [0.3, 0.4) is 0 Å². The highest BCUT2D eigenvalue weighted by Gasteiger charge is 2.35. The van der Waals surface area contributed by atoms with Gasteiger partial charge in [-0.3, -0.25) is 4.79 Å². The largest absolute Gasteiger partial charge is 0.416 e. The molecular formula is C21H20ClF4NO3S. The molecule has 10 heteroatoms. The number of alkyl halides is 3. The third kappa shape index (κ3) is 5.77. The van der Waals surface area contributed by atoms with Crippen LogP contribution in [-0.4, -0.2) is 26.1 Å². The van der Waals surface area contributed by atoms with Crippen LogP contribution in [0.5, 0.6) is 0 Å². The zero-order chi connectivity index (χ0) is 22.8. The van der Waals surface area contributed by atoms with E-state index in [2.05, 4.69) is 5.32 Å². The lowest BCUT2D eigenvalue weighted by molar-refractivity contribution is -0.137. The molecule has 1 N–H and O–H groups in total. The molecule has 0 atom stereocenters. The summed E-state index contributed by atoms with van der Waals surface area (Å²) in [5, 5.41) is 2.02. The van der Waals surface area contributed by atoms with Gasteiger partial charge in [0.05, 0.1) is 15.7 Å². The fraction of sp³-hybridized carbons (Fsp3) is 0.381. The van der Waals surface area contributed by atoms with Gasteiger partial charge in [0.25, 0.3) is 5.91 Å². The quantitative estimate of drug-likeness (QED) is 0.597. The predicted octanol–water partition coefficient (Wildman–Crippen LogP) is 5.26. The minimum atomic E-state index is -4.62. The highest BCUT2D eigenvalue weighted by molar-refractivity contribution is 7.92. The van der Waals surface area contributed by atoms with E-state index in [0.29, 0.717) is 18.9 Å². The molecule has 1 saturated carbocycles. The first-order valence-electron chi connectivity index (χ1n) is 9.62. The van der Waals surface area contributed by atoms with E-state index in [0.717, 1.165) is 24.3 Å². The van der Waals surface area contributed by atoms with E-state index >= 15 is 0 Å². The Balaban J connectivity index is 1.58. The Kier molecular flexibility index (Phi) is 6.95. The molecule has 1 fully saturated rings. The third-order valence-corrected chi connectivity index (χ3v) is 7.88. The monoisotopic (exact) mass is 477 g/mol. The van der Waals surface area contributed by atoms with Crippen molar-refractivity contribution in [3.05, 3.63) is 64.4 Å². The second-order valence-electron chi connectivity index (χ2n) is 7.58. The van der Waals surface area contributed by atoms with E-state index in [-0.39, 0.29) is 40.8 Å². The Labute approximate surface area is 182 Å². The molecule has 0 spiro atoms. The van der Waals surface area contributed by atoms with Crippen LogP contribution in [0.4, 0.5) is 17.6 Å². The minimum Gasteiger partial charge on any atom is -0.352 e. The van der Waals surface area contributed by atoms with Gasteiger partial charge in [0.1, 0.15) is 5.82 Å². The zero-order valence-corrected chi connectivity index (χ0v) is 17.8. The summed E-state index contributed by atoms with van der Waals surface area (Å²) in [6.45, 7) is 0.281. The maximum absolute atomic E-state index is 13.4. The Morgan fingerprint density at radius 1 is 1.06 bits per heavy atom. The zero-order valence-electron chi connectivity index (χ0n) is 16.3. The van der Waals surface area contributed by atoms with Crippen molar-refractivity contribution in [2.75, 3.05) is 6.54 Å². The van der Waals surface area contributed by atoms with Gasteiger partial charge in [0.2, 0.25) is 0 Å². The van der Waals surface area contributed by atoms with Crippen LogP contribution in [0.2, 0.25) is 5.02 Å². The number of benzene rings is 2. The molecule has 0 aromatic heterocycles. The summed E-state index contributed by atoms with van der Waals surface area (Å²) in [6, 6.07) is 7.29.